The van der Waals surface area contributed by atoms with Crippen LogP contribution in [0.2, 0.25) is 0 Å². The highest BCUT2D eigenvalue weighted by atomic mass is 16.7. The van der Waals surface area contributed by atoms with Crippen molar-refractivity contribution in [3.8, 4) is 0 Å². The summed E-state index contributed by atoms with van der Waals surface area (Å²) in [4.78, 5) is 11.4. The first-order valence-electron chi connectivity index (χ1n) is 5.21. The van der Waals surface area contributed by atoms with E-state index in [1.165, 1.54) is 0 Å². The maximum atomic E-state index is 11.4. The van der Waals surface area contributed by atoms with Gasteiger partial charge in [-0.1, -0.05) is 0 Å². The number of rotatable bonds is 4. The third kappa shape index (κ3) is 3.77. The van der Waals surface area contributed by atoms with Gasteiger partial charge in [0.05, 0.1) is 12.6 Å². The first kappa shape index (κ1) is 12.4. The summed E-state index contributed by atoms with van der Waals surface area (Å²) in [5.41, 5.74) is 0. The number of amides is 1. The van der Waals surface area contributed by atoms with Crippen molar-refractivity contribution in [2.75, 3.05) is 20.2 Å². The van der Waals surface area contributed by atoms with Crippen molar-refractivity contribution in [2.45, 2.75) is 38.7 Å². The van der Waals surface area contributed by atoms with E-state index in [4.69, 9.17) is 9.47 Å². The van der Waals surface area contributed by atoms with Crippen LogP contribution in [0.25, 0.3) is 0 Å². The summed E-state index contributed by atoms with van der Waals surface area (Å²) in [5.74, 6) is -0.546. The van der Waals surface area contributed by atoms with Gasteiger partial charge in [-0.3, -0.25) is 4.79 Å². The quantitative estimate of drug-likeness (QED) is 0.687. The molecular weight excluding hydrogens is 196 g/mol. The van der Waals surface area contributed by atoms with Crippen LogP contribution in [0, 0.1) is 0 Å². The van der Waals surface area contributed by atoms with Crippen LogP contribution in [-0.4, -0.2) is 44.0 Å². The monoisotopic (exact) mass is 216 g/mol. The van der Waals surface area contributed by atoms with E-state index in [1.807, 2.05) is 20.8 Å². The molecule has 15 heavy (non-hydrogen) atoms. The molecule has 5 heteroatoms. The van der Waals surface area contributed by atoms with Gasteiger partial charge in [-0.05, 0) is 27.8 Å². The third-order valence-electron chi connectivity index (χ3n) is 2.40. The van der Waals surface area contributed by atoms with Crippen LogP contribution in [0.4, 0.5) is 0 Å². The summed E-state index contributed by atoms with van der Waals surface area (Å²) >= 11 is 0. The molecule has 0 spiro atoms. The number of ether oxygens (including phenoxy) is 2. The fourth-order valence-corrected chi connectivity index (χ4v) is 1.36. The van der Waals surface area contributed by atoms with Gasteiger partial charge in [-0.15, -0.1) is 0 Å². The highest BCUT2D eigenvalue weighted by molar-refractivity contribution is 5.81. The van der Waals surface area contributed by atoms with Crippen LogP contribution in [-0.2, 0) is 14.3 Å². The van der Waals surface area contributed by atoms with E-state index in [9.17, 15) is 4.79 Å². The molecule has 1 fully saturated rings. The third-order valence-corrected chi connectivity index (χ3v) is 2.40. The Morgan fingerprint density at radius 3 is 2.73 bits per heavy atom. The van der Waals surface area contributed by atoms with Gasteiger partial charge >= 0.3 is 0 Å². The molecule has 1 aliphatic heterocycles. The van der Waals surface area contributed by atoms with E-state index in [-0.39, 0.29) is 18.1 Å². The van der Waals surface area contributed by atoms with Crippen LogP contribution >= 0.6 is 0 Å². The minimum Gasteiger partial charge on any atom is -0.352 e. The largest absolute Gasteiger partial charge is 0.352 e. The van der Waals surface area contributed by atoms with Crippen LogP contribution in [0.3, 0.4) is 0 Å². The lowest BCUT2D eigenvalue weighted by molar-refractivity contribution is -0.139. The van der Waals surface area contributed by atoms with Crippen LogP contribution in [0.15, 0.2) is 0 Å². The van der Waals surface area contributed by atoms with Gasteiger partial charge in [0.15, 0.2) is 5.79 Å². The minimum absolute atomic E-state index is 0.0224. The second-order valence-electron chi connectivity index (χ2n) is 4.21. The Morgan fingerprint density at radius 1 is 1.60 bits per heavy atom. The van der Waals surface area contributed by atoms with Crippen molar-refractivity contribution in [2.24, 2.45) is 0 Å². The van der Waals surface area contributed by atoms with Crippen molar-refractivity contribution in [3.63, 3.8) is 0 Å². The fraction of sp³-hybridized carbons (Fsp3) is 0.900. The van der Waals surface area contributed by atoms with Gasteiger partial charge in [0.25, 0.3) is 0 Å². The van der Waals surface area contributed by atoms with Gasteiger partial charge in [-0.25, -0.2) is 0 Å². The summed E-state index contributed by atoms with van der Waals surface area (Å²) < 4.78 is 10.9. The van der Waals surface area contributed by atoms with E-state index in [0.717, 1.165) is 0 Å². The van der Waals surface area contributed by atoms with Gasteiger partial charge in [-0.2, -0.15) is 0 Å². The van der Waals surface area contributed by atoms with Gasteiger partial charge in [0.2, 0.25) is 5.91 Å². The number of likely N-dealkylation sites (N-methyl/N-ethyl adjacent to an activating group) is 1. The second-order valence-corrected chi connectivity index (χ2v) is 4.21. The molecule has 0 aromatic carbocycles. The molecule has 5 nitrogen and oxygen atoms in total. The lowest BCUT2D eigenvalue weighted by atomic mass is 10.3. The normalized spacial score (nSPS) is 26.3. The SMILES string of the molecule is CNC(C)C(=O)NCC1COC(C)(C)O1. The summed E-state index contributed by atoms with van der Waals surface area (Å²) in [7, 11) is 1.75. The van der Waals surface area contributed by atoms with Crippen LogP contribution in [0.1, 0.15) is 20.8 Å². The zero-order valence-corrected chi connectivity index (χ0v) is 9.79. The molecule has 1 saturated heterocycles. The molecule has 2 atom stereocenters. The molecular formula is C10H20N2O3. The van der Waals surface area contributed by atoms with Crippen molar-refractivity contribution in [1.82, 2.24) is 10.6 Å². The second kappa shape index (κ2) is 4.92. The molecule has 0 aromatic rings. The number of hydrogen-bond acceptors (Lipinski definition) is 4. The standard InChI is InChI=1S/C10H20N2O3/c1-7(11-4)9(13)12-5-8-6-14-10(2,3)15-8/h7-8,11H,5-6H2,1-4H3,(H,12,13). The molecule has 1 heterocycles. The van der Waals surface area contributed by atoms with Gasteiger partial charge in [0, 0.05) is 6.54 Å². The number of nitrogens with one attached hydrogen (secondary N) is 2. The highest BCUT2D eigenvalue weighted by Gasteiger charge is 2.32. The number of hydrogen-bond donors (Lipinski definition) is 2. The average Bonchev–Trinajstić information content (AvgIpc) is 2.53. The number of carbonyl (C=O) groups is 1. The van der Waals surface area contributed by atoms with Gasteiger partial charge in [0.1, 0.15) is 6.10 Å². The Labute approximate surface area is 90.5 Å². The van der Waals surface area contributed by atoms with Crippen molar-refractivity contribution >= 4 is 5.91 Å². The van der Waals surface area contributed by atoms with Gasteiger partial charge < -0.3 is 20.1 Å². The molecule has 2 N–H and O–H groups in total. The Balaban J connectivity index is 2.24. The van der Waals surface area contributed by atoms with Crippen molar-refractivity contribution < 1.29 is 14.3 Å². The zero-order chi connectivity index (χ0) is 11.5. The highest BCUT2D eigenvalue weighted by Crippen LogP contribution is 2.21. The molecule has 1 amide bonds. The van der Waals surface area contributed by atoms with E-state index < -0.39 is 5.79 Å². The molecule has 1 rings (SSSR count). The topological polar surface area (TPSA) is 59.6 Å². The van der Waals surface area contributed by atoms with E-state index in [2.05, 4.69) is 10.6 Å². The molecule has 0 bridgehead atoms. The lowest BCUT2D eigenvalue weighted by Gasteiger charge is -2.18. The summed E-state index contributed by atoms with van der Waals surface area (Å²) in [6.45, 7) is 6.57. The maximum Gasteiger partial charge on any atom is 0.236 e. The first-order valence-corrected chi connectivity index (χ1v) is 5.21. The molecule has 0 aromatic heterocycles. The van der Waals surface area contributed by atoms with Crippen molar-refractivity contribution in [1.29, 1.82) is 0 Å². The lowest BCUT2D eigenvalue weighted by Crippen LogP contribution is -2.43. The molecule has 0 saturated carbocycles. The van der Waals surface area contributed by atoms with Crippen LogP contribution < -0.4 is 10.6 Å². The minimum atomic E-state index is -0.524. The average molecular weight is 216 g/mol. The smallest absolute Gasteiger partial charge is 0.236 e. The Morgan fingerprint density at radius 2 is 2.27 bits per heavy atom. The Kier molecular flexibility index (Phi) is 4.07. The van der Waals surface area contributed by atoms with E-state index in [0.29, 0.717) is 13.2 Å². The zero-order valence-electron chi connectivity index (χ0n) is 9.79. The summed E-state index contributed by atoms with van der Waals surface area (Å²) in [5, 5.41) is 5.68. The van der Waals surface area contributed by atoms with E-state index in [1.54, 1.807) is 7.05 Å². The predicted molar refractivity (Wildman–Crippen MR) is 56.4 cm³/mol. The fourth-order valence-electron chi connectivity index (χ4n) is 1.36. The molecule has 2 unspecified atom stereocenters. The molecule has 88 valence electrons. The Hall–Kier alpha value is -0.650. The first-order chi connectivity index (χ1) is 6.94. The molecule has 0 radical (unpaired) electrons. The summed E-state index contributed by atoms with van der Waals surface area (Å²) in [6.07, 6.45) is -0.0481. The van der Waals surface area contributed by atoms with E-state index >= 15 is 0 Å². The maximum absolute atomic E-state index is 11.4. The predicted octanol–water partition coefficient (Wildman–Crippen LogP) is -0.138. The Bertz CT molecular complexity index is 231. The van der Waals surface area contributed by atoms with Crippen molar-refractivity contribution in [3.05, 3.63) is 0 Å². The molecule has 0 aliphatic carbocycles. The molecule has 1 aliphatic rings. The number of carbonyl (C=O) groups excluding carboxylic acids is 1. The van der Waals surface area contributed by atoms with Crippen LogP contribution in [0.5, 0.6) is 0 Å². The summed E-state index contributed by atoms with van der Waals surface area (Å²) in [6, 6.07) is -0.180.